The van der Waals surface area contributed by atoms with E-state index < -0.39 is 0 Å². The maximum atomic E-state index is 13.5. The first-order valence-corrected chi connectivity index (χ1v) is 12.0. The minimum Gasteiger partial charge on any atom is -0.733 e. The minimum atomic E-state index is -0.347. The number of hydrogen-bond donors (Lipinski definition) is 2. The molecule has 2 aromatic heterocycles. The van der Waals surface area contributed by atoms with E-state index >= 15 is 0 Å². The summed E-state index contributed by atoms with van der Waals surface area (Å²) in [6, 6.07) is 14.2. The summed E-state index contributed by atoms with van der Waals surface area (Å²) < 4.78 is 7.25. The molecule has 35 heavy (non-hydrogen) atoms. The summed E-state index contributed by atoms with van der Waals surface area (Å²) >= 11 is 0. The Morgan fingerprint density at radius 1 is 1.20 bits per heavy atom. The van der Waals surface area contributed by atoms with Gasteiger partial charge < -0.3 is 29.6 Å². The van der Waals surface area contributed by atoms with Crippen LogP contribution in [-0.4, -0.2) is 34.8 Å². The lowest BCUT2D eigenvalue weighted by Crippen LogP contribution is -2.61. The molecule has 2 N–H and O–H groups in total. The molecule has 2 bridgehead atoms. The van der Waals surface area contributed by atoms with Crippen molar-refractivity contribution in [1.82, 2.24) is 9.88 Å². The van der Waals surface area contributed by atoms with Gasteiger partial charge in [-0.05, 0) is 60.7 Å². The molecule has 5 heterocycles. The number of furan rings is 1. The highest BCUT2D eigenvalue weighted by molar-refractivity contribution is 5.82. The molecule has 9 nitrogen and oxygen atoms in total. The summed E-state index contributed by atoms with van der Waals surface area (Å²) in [6.45, 7) is 1.73. The van der Waals surface area contributed by atoms with Crippen LogP contribution in [0.3, 0.4) is 0 Å². The first-order valence-electron chi connectivity index (χ1n) is 12.0. The highest BCUT2D eigenvalue weighted by Crippen LogP contribution is 2.47. The second kappa shape index (κ2) is 8.58. The number of hydrogen-bond acceptors (Lipinski definition) is 7. The van der Waals surface area contributed by atoms with Crippen molar-refractivity contribution in [2.24, 2.45) is 11.8 Å². The van der Waals surface area contributed by atoms with Gasteiger partial charge in [-0.1, -0.05) is 6.07 Å². The van der Waals surface area contributed by atoms with Gasteiger partial charge in [0.05, 0.1) is 17.9 Å². The van der Waals surface area contributed by atoms with E-state index in [0.717, 1.165) is 29.1 Å². The standard InChI is InChI=1S/C26H27N4O5/c31-24-5-1-4-22-17-11-18(15-28(22)24)25-21(26(32)27-9-8-20-3-2-10-35-20)13-16-12-19(30(33)34)6-7-23(16)29(25)14-17/h1-7,10,12,17-18,21,25,33H,8-9,11,13-15H2,(H,27,32)/q-1. The van der Waals surface area contributed by atoms with Crippen LogP contribution in [0.1, 0.15) is 29.4 Å². The normalized spacial score (nSPS) is 24.2. The van der Waals surface area contributed by atoms with E-state index in [1.165, 1.54) is 0 Å². The Labute approximate surface area is 202 Å². The fraction of sp³-hybridized carbons (Fsp3) is 0.385. The number of piperidine rings is 1. The van der Waals surface area contributed by atoms with Crippen LogP contribution in [0.15, 0.2) is 64.0 Å². The number of pyridine rings is 1. The molecular weight excluding hydrogens is 448 g/mol. The first kappa shape index (κ1) is 21.9. The zero-order valence-corrected chi connectivity index (χ0v) is 19.2. The number of rotatable bonds is 5. The summed E-state index contributed by atoms with van der Waals surface area (Å²) in [7, 11) is 0. The molecule has 1 amide bonds. The van der Waals surface area contributed by atoms with Gasteiger partial charge in [0.25, 0.3) is 5.56 Å². The van der Waals surface area contributed by atoms with Gasteiger partial charge in [0.2, 0.25) is 5.91 Å². The maximum absolute atomic E-state index is 13.5. The average Bonchev–Trinajstić information content (AvgIpc) is 3.37. The Morgan fingerprint density at radius 2 is 2.09 bits per heavy atom. The lowest BCUT2D eigenvalue weighted by molar-refractivity contribution is -0.126. The van der Waals surface area contributed by atoms with Crippen molar-refractivity contribution in [3.8, 4) is 0 Å². The highest BCUT2D eigenvalue weighted by atomic mass is 16.8. The fourth-order valence-corrected chi connectivity index (χ4v) is 6.35. The Kier molecular flexibility index (Phi) is 5.38. The monoisotopic (exact) mass is 475 g/mol. The number of amides is 1. The number of fused-ring (bicyclic) bond motifs is 8. The topological polar surface area (TPSA) is 114 Å². The molecule has 9 heteroatoms. The van der Waals surface area contributed by atoms with Crippen molar-refractivity contribution >= 4 is 17.3 Å². The van der Waals surface area contributed by atoms with Gasteiger partial charge in [-0.2, -0.15) is 0 Å². The smallest absolute Gasteiger partial charge is 0.250 e. The summed E-state index contributed by atoms with van der Waals surface area (Å²) in [6.07, 6.45) is 3.61. The van der Waals surface area contributed by atoms with E-state index in [0.29, 0.717) is 32.5 Å². The second-order valence-corrected chi connectivity index (χ2v) is 9.75. The summed E-state index contributed by atoms with van der Waals surface area (Å²) in [5.74, 6) is 0.744. The van der Waals surface area contributed by atoms with Crippen molar-refractivity contribution in [3.63, 3.8) is 0 Å². The van der Waals surface area contributed by atoms with Crippen molar-refractivity contribution in [2.45, 2.75) is 37.8 Å². The summed E-state index contributed by atoms with van der Waals surface area (Å²) in [5, 5.41) is 23.9. The van der Waals surface area contributed by atoms with Crippen LogP contribution in [0.4, 0.5) is 11.4 Å². The Morgan fingerprint density at radius 3 is 2.89 bits per heavy atom. The number of carbonyl (C=O) groups is 1. The molecule has 0 saturated carbocycles. The Balaban J connectivity index is 1.34. The van der Waals surface area contributed by atoms with Gasteiger partial charge in [-0.15, -0.1) is 0 Å². The SMILES string of the molecule is O=C(NCCc1ccco1)C1Cc2cc(N([O-])O)ccc2N2CC3CC(Cn4c3cccc4=O)C12. The van der Waals surface area contributed by atoms with E-state index in [-0.39, 0.29) is 46.2 Å². The van der Waals surface area contributed by atoms with Crippen molar-refractivity contribution in [1.29, 1.82) is 0 Å². The molecule has 1 saturated heterocycles. The Bertz CT molecular complexity index is 1300. The lowest BCUT2D eigenvalue weighted by atomic mass is 9.70. The number of carbonyl (C=O) groups excluding carboxylic acids is 1. The van der Waals surface area contributed by atoms with Crippen LogP contribution in [0.25, 0.3) is 0 Å². The van der Waals surface area contributed by atoms with Crippen molar-refractivity contribution < 1.29 is 14.4 Å². The van der Waals surface area contributed by atoms with Crippen LogP contribution >= 0.6 is 0 Å². The third-order valence-corrected chi connectivity index (χ3v) is 7.80. The molecule has 4 unspecified atom stereocenters. The molecule has 3 aliphatic rings. The molecule has 6 rings (SSSR count). The lowest BCUT2D eigenvalue weighted by Gasteiger charge is -2.54. The molecule has 0 radical (unpaired) electrons. The van der Waals surface area contributed by atoms with Crippen LogP contribution in [0, 0.1) is 17.0 Å². The van der Waals surface area contributed by atoms with E-state index in [1.54, 1.807) is 24.5 Å². The zero-order chi connectivity index (χ0) is 24.1. The molecule has 0 aliphatic carbocycles. The minimum absolute atomic E-state index is 0.00411. The van der Waals surface area contributed by atoms with Gasteiger partial charge in [0, 0.05) is 55.5 Å². The highest BCUT2D eigenvalue weighted by Gasteiger charge is 2.49. The predicted octanol–water partition coefficient (Wildman–Crippen LogP) is 2.66. The van der Waals surface area contributed by atoms with E-state index in [2.05, 4.69) is 10.2 Å². The van der Waals surface area contributed by atoms with Crippen molar-refractivity contribution in [3.05, 3.63) is 87.4 Å². The third-order valence-electron chi connectivity index (χ3n) is 7.80. The van der Waals surface area contributed by atoms with E-state index in [4.69, 9.17) is 4.42 Å². The number of anilines is 2. The average molecular weight is 476 g/mol. The summed E-state index contributed by atoms with van der Waals surface area (Å²) in [4.78, 5) is 28.4. The molecule has 3 aliphatic heterocycles. The quantitative estimate of drug-likeness (QED) is 0.546. The van der Waals surface area contributed by atoms with Gasteiger partial charge >= 0.3 is 0 Å². The van der Waals surface area contributed by atoms with Crippen LogP contribution < -0.4 is 21.0 Å². The number of nitrogens with one attached hydrogen (secondary N) is 1. The number of aromatic nitrogens is 1. The first-order chi connectivity index (χ1) is 17.0. The van der Waals surface area contributed by atoms with Gasteiger partial charge in [0.15, 0.2) is 0 Å². The maximum Gasteiger partial charge on any atom is 0.250 e. The second-order valence-electron chi connectivity index (χ2n) is 9.75. The van der Waals surface area contributed by atoms with E-state index in [1.807, 2.05) is 34.9 Å². The molecule has 182 valence electrons. The zero-order valence-electron chi connectivity index (χ0n) is 19.2. The molecule has 4 atom stereocenters. The molecule has 1 fully saturated rings. The van der Waals surface area contributed by atoms with E-state index in [9.17, 15) is 20.0 Å². The molecule has 3 aromatic rings. The molecule has 0 spiro atoms. The summed E-state index contributed by atoms with van der Waals surface area (Å²) in [5.41, 5.74) is 3.04. The number of nitrogens with zero attached hydrogens (tertiary/aromatic N) is 3. The number of benzene rings is 1. The van der Waals surface area contributed by atoms with Crippen molar-refractivity contribution in [2.75, 3.05) is 23.2 Å². The molecular formula is C26H27N4O5-. The third kappa shape index (κ3) is 3.81. The molecule has 1 aromatic carbocycles. The van der Waals surface area contributed by atoms with Crippen LogP contribution in [-0.2, 0) is 24.2 Å². The largest absolute Gasteiger partial charge is 0.733 e. The van der Waals surface area contributed by atoms with Crippen LogP contribution in [0.2, 0.25) is 0 Å². The van der Waals surface area contributed by atoms with Gasteiger partial charge in [-0.25, -0.2) is 0 Å². The Hall–Kier alpha value is -3.56. The van der Waals surface area contributed by atoms with Crippen LogP contribution in [0.5, 0.6) is 0 Å². The van der Waals surface area contributed by atoms with Gasteiger partial charge in [-0.3, -0.25) is 14.8 Å². The predicted molar refractivity (Wildman–Crippen MR) is 129 cm³/mol. The fourth-order valence-electron chi connectivity index (χ4n) is 6.35. The van der Waals surface area contributed by atoms with Gasteiger partial charge in [0.1, 0.15) is 5.76 Å².